The molecule has 1 aliphatic rings. The van der Waals surface area contributed by atoms with Gasteiger partial charge in [-0.1, -0.05) is 37.2 Å². The van der Waals surface area contributed by atoms with Crippen molar-refractivity contribution in [1.82, 2.24) is 15.5 Å². The molecule has 0 saturated carbocycles. The van der Waals surface area contributed by atoms with Crippen LogP contribution >= 0.6 is 0 Å². The number of hydrogen-bond acceptors (Lipinski definition) is 5. The van der Waals surface area contributed by atoms with Gasteiger partial charge in [-0.25, -0.2) is 4.98 Å². The number of aromatic nitrogens is 2. The summed E-state index contributed by atoms with van der Waals surface area (Å²) in [5, 5.41) is 7.83. The van der Waals surface area contributed by atoms with Gasteiger partial charge in [-0.15, -0.1) is 0 Å². The Hall–Kier alpha value is -2.89. The maximum Gasteiger partial charge on any atom is 0.259 e. The van der Waals surface area contributed by atoms with Crippen LogP contribution in [0, 0.1) is 12.8 Å². The van der Waals surface area contributed by atoms with E-state index in [1.807, 2.05) is 19.1 Å². The average Bonchev–Trinajstić information content (AvgIpc) is 3.33. The average molecular weight is 378 g/mol. The van der Waals surface area contributed by atoms with Crippen molar-refractivity contribution in [3.05, 3.63) is 53.3 Å². The minimum Gasteiger partial charge on any atom is -0.371 e. The number of hydrogen-bond donors (Lipinski definition) is 1. The molecule has 0 bridgehead atoms. The molecule has 3 heterocycles. The molecule has 0 radical (unpaired) electrons. The first-order valence-corrected chi connectivity index (χ1v) is 9.88. The highest BCUT2D eigenvalue weighted by atomic mass is 16.5. The lowest BCUT2D eigenvalue weighted by Crippen LogP contribution is -2.31. The van der Waals surface area contributed by atoms with Crippen molar-refractivity contribution >= 4 is 22.7 Å². The van der Waals surface area contributed by atoms with Crippen molar-refractivity contribution in [3.8, 4) is 0 Å². The minimum atomic E-state index is -0.0845. The molecule has 1 saturated heterocycles. The van der Waals surface area contributed by atoms with E-state index in [0.717, 1.165) is 25.2 Å². The van der Waals surface area contributed by atoms with Crippen LogP contribution in [-0.2, 0) is 0 Å². The van der Waals surface area contributed by atoms with Gasteiger partial charge in [0.1, 0.15) is 0 Å². The summed E-state index contributed by atoms with van der Waals surface area (Å²) in [7, 11) is 0. The Morgan fingerprint density at radius 1 is 1.32 bits per heavy atom. The number of benzene rings is 1. The van der Waals surface area contributed by atoms with Crippen LogP contribution < -0.4 is 10.2 Å². The molecule has 6 heteroatoms. The summed E-state index contributed by atoms with van der Waals surface area (Å²) in [6.07, 6.45) is 1.07. The molecule has 146 valence electrons. The minimum absolute atomic E-state index is 0.0845. The fraction of sp³-hybridized carbons (Fsp3) is 0.409. The van der Waals surface area contributed by atoms with Crippen molar-refractivity contribution in [2.75, 3.05) is 24.5 Å². The van der Waals surface area contributed by atoms with Gasteiger partial charge in [-0.05, 0) is 43.4 Å². The Balaban J connectivity index is 1.46. The van der Waals surface area contributed by atoms with Crippen molar-refractivity contribution in [2.45, 2.75) is 33.1 Å². The van der Waals surface area contributed by atoms with Crippen LogP contribution in [0.3, 0.4) is 0 Å². The number of nitrogens with one attached hydrogen (secondary N) is 1. The molecule has 1 aromatic carbocycles. The Morgan fingerprint density at radius 3 is 2.86 bits per heavy atom. The lowest BCUT2D eigenvalue weighted by Gasteiger charge is -2.18. The monoisotopic (exact) mass is 378 g/mol. The van der Waals surface area contributed by atoms with Crippen LogP contribution in [0.1, 0.15) is 47.9 Å². The van der Waals surface area contributed by atoms with Crippen molar-refractivity contribution in [3.63, 3.8) is 0 Å². The number of nitrogens with zero attached hydrogens (tertiary/aromatic N) is 3. The molecule has 1 amide bonds. The predicted octanol–water partition coefficient (Wildman–Crippen LogP) is 3.91. The molecule has 1 unspecified atom stereocenters. The Labute approximate surface area is 164 Å². The Morgan fingerprint density at radius 2 is 2.11 bits per heavy atom. The van der Waals surface area contributed by atoms with E-state index in [2.05, 4.69) is 58.5 Å². The maximum atomic E-state index is 13.0. The standard InChI is InChI=1S/C22H26N4O2/c1-14(2)19-11-18(20-15(3)25-28-22(20)24-19)21(27)23-12-16-9-10-26(13-16)17-7-5-4-6-8-17/h4-8,11,14,16H,9-10,12-13H2,1-3H3,(H,23,27). The van der Waals surface area contributed by atoms with Crippen LogP contribution in [-0.4, -0.2) is 35.7 Å². The normalized spacial score (nSPS) is 16.9. The summed E-state index contributed by atoms with van der Waals surface area (Å²) in [5.74, 6) is 0.559. The van der Waals surface area contributed by atoms with E-state index >= 15 is 0 Å². The van der Waals surface area contributed by atoms with E-state index < -0.39 is 0 Å². The van der Waals surface area contributed by atoms with E-state index in [1.54, 1.807) is 0 Å². The SMILES string of the molecule is Cc1noc2nc(C(C)C)cc(C(=O)NCC3CCN(c4ccccc4)C3)c12. The molecular weight excluding hydrogens is 352 g/mol. The number of carbonyl (C=O) groups is 1. The number of pyridine rings is 1. The maximum absolute atomic E-state index is 13.0. The third kappa shape index (κ3) is 3.59. The first-order chi connectivity index (χ1) is 13.5. The van der Waals surface area contributed by atoms with Gasteiger partial charge in [0.2, 0.25) is 0 Å². The summed E-state index contributed by atoms with van der Waals surface area (Å²) < 4.78 is 5.32. The first kappa shape index (κ1) is 18.5. The molecular formula is C22H26N4O2. The third-order valence-electron chi connectivity index (χ3n) is 5.43. The molecule has 1 N–H and O–H groups in total. The largest absolute Gasteiger partial charge is 0.371 e. The van der Waals surface area contributed by atoms with Gasteiger partial charge in [-0.3, -0.25) is 4.79 Å². The summed E-state index contributed by atoms with van der Waals surface area (Å²) in [6, 6.07) is 12.3. The Bertz CT molecular complexity index is 981. The second kappa shape index (κ2) is 7.62. The summed E-state index contributed by atoms with van der Waals surface area (Å²) in [6.45, 7) is 8.58. The van der Waals surface area contributed by atoms with E-state index in [9.17, 15) is 4.79 Å². The zero-order chi connectivity index (χ0) is 19.7. The molecule has 6 nitrogen and oxygen atoms in total. The molecule has 3 aromatic rings. The van der Waals surface area contributed by atoms with E-state index in [0.29, 0.717) is 34.8 Å². The van der Waals surface area contributed by atoms with E-state index in [-0.39, 0.29) is 11.8 Å². The second-order valence-corrected chi connectivity index (χ2v) is 7.84. The number of anilines is 1. The summed E-state index contributed by atoms with van der Waals surface area (Å²) in [4.78, 5) is 19.9. The van der Waals surface area contributed by atoms with Crippen LogP contribution in [0.15, 0.2) is 40.9 Å². The molecule has 0 aliphatic carbocycles. The third-order valence-corrected chi connectivity index (χ3v) is 5.43. The van der Waals surface area contributed by atoms with Gasteiger partial charge >= 0.3 is 0 Å². The molecule has 4 rings (SSSR count). The van der Waals surface area contributed by atoms with Gasteiger partial charge in [0.15, 0.2) is 0 Å². The molecule has 2 aromatic heterocycles. The number of carbonyl (C=O) groups excluding carboxylic acids is 1. The molecule has 28 heavy (non-hydrogen) atoms. The molecule has 1 atom stereocenters. The van der Waals surface area contributed by atoms with Gasteiger partial charge in [0, 0.05) is 31.0 Å². The lowest BCUT2D eigenvalue weighted by molar-refractivity contribution is 0.0949. The lowest BCUT2D eigenvalue weighted by atomic mass is 10.0. The van der Waals surface area contributed by atoms with Gasteiger partial charge < -0.3 is 14.7 Å². The second-order valence-electron chi connectivity index (χ2n) is 7.84. The number of para-hydroxylation sites is 1. The number of rotatable bonds is 5. The number of fused-ring (bicyclic) bond motifs is 1. The topological polar surface area (TPSA) is 71.3 Å². The summed E-state index contributed by atoms with van der Waals surface area (Å²) >= 11 is 0. The quantitative estimate of drug-likeness (QED) is 0.729. The zero-order valence-electron chi connectivity index (χ0n) is 16.6. The van der Waals surface area contributed by atoms with Crippen LogP contribution in [0.25, 0.3) is 11.1 Å². The fourth-order valence-corrected chi connectivity index (χ4v) is 3.79. The fourth-order valence-electron chi connectivity index (χ4n) is 3.79. The van der Waals surface area contributed by atoms with Crippen molar-refractivity contribution in [2.24, 2.45) is 5.92 Å². The van der Waals surface area contributed by atoms with Crippen molar-refractivity contribution in [1.29, 1.82) is 0 Å². The number of aryl methyl sites for hydroxylation is 1. The van der Waals surface area contributed by atoms with E-state index in [4.69, 9.17) is 4.52 Å². The van der Waals surface area contributed by atoms with E-state index in [1.165, 1.54) is 5.69 Å². The van der Waals surface area contributed by atoms with Crippen LogP contribution in [0.5, 0.6) is 0 Å². The summed E-state index contributed by atoms with van der Waals surface area (Å²) in [5.41, 5.74) is 3.81. The smallest absolute Gasteiger partial charge is 0.259 e. The Kier molecular flexibility index (Phi) is 5.03. The van der Waals surface area contributed by atoms with Crippen LogP contribution in [0.4, 0.5) is 5.69 Å². The van der Waals surface area contributed by atoms with Gasteiger partial charge in [0.05, 0.1) is 16.6 Å². The van der Waals surface area contributed by atoms with Gasteiger partial charge in [-0.2, -0.15) is 0 Å². The molecule has 1 fully saturated rings. The van der Waals surface area contributed by atoms with Crippen molar-refractivity contribution < 1.29 is 9.32 Å². The van der Waals surface area contributed by atoms with Crippen LogP contribution in [0.2, 0.25) is 0 Å². The highest BCUT2D eigenvalue weighted by Gasteiger charge is 2.24. The zero-order valence-corrected chi connectivity index (χ0v) is 16.6. The highest BCUT2D eigenvalue weighted by Crippen LogP contribution is 2.26. The first-order valence-electron chi connectivity index (χ1n) is 9.88. The molecule has 1 aliphatic heterocycles. The highest BCUT2D eigenvalue weighted by molar-refractivity contribution is 6.06. The number of amides is 1. The van der Waals surface area contributed by atoms with Gasteiger partial charge in [0.25, 0.3) is 11.6 Å². The predicted molar refractivity (Wildman–Crippen MR) is 110 cm³/mol. The molecule has 0 spiro atoms.